The topological polar surface area (TPSA) is 77.2 Å². The lowest BCUT2D eigenvalue weighted by molar-refractivity contribution is 0.0923. The zero-order valence-corrected chi connectivity index (χ0v) is 11.3. The zero-order valence-electron chi connectivity index (χ0n) is 11.3. The molecule has 0 radical (unpaired) electrons. The van der Waals surface area contributed by atoms with Gasteiger partial charge in [0.25, 0.3) is 5.91 Å². The van der Waals surface area contributed by atoms with Crippen molar-refractivity contribution >= 4 is 5.91 Å². The molecule has 8 heteroatoms. The van der Waals surface area contributed by atoms with Gasteiger partial charge in [-0.1, -0.05) is 18.2 Å². The quantitative estimate of drug-likeness (QED) is 0.579. The van der Waals surface area contributed by atoms with Crippen molar-refractivity contribution in [3.63, 3.8) is 0 Å². The third-order valence-electron chi connectivity index (χ3n) is 3.16. The van der Waals surface area contributed by atoms with Crippen LogP contribution in [0.1, 0.15) is 10.4 Å². The van der Waals surface area contributed by atoms with Crippen molar-refractivity contribution in [1.29, 1.82) is 0 Å². The van der Waals surface area contributed by atoms with Gasteiger partial charge in [-0.15, -0.1) is 0 Å². The largest absolute Gasteiger partial charge is 0.322 e. The molecule has 2 aromatic rings. The van der Waals surface area contributed by atoms with Crippen molar-refractivity contribution in [2.24, 2.45) is 0 Å². The van der Waals surface area contributed by atoms with Crippen molar-refractivity contribution in [2.75, 3.05) is 0 Å². The molecule has 3 rings (SSSR count). The SMILES string of the molecule is O=C(NC1NNNN1)c1ccc(-c2ccc(F)cc2)cc1F. The van der Waals surface area contributed by atoms with E-state index in [2.05, 4.69) is 27.2 Å². The third kappa shape index (κ3) is 3.10. The fourth-order valence-corrected chi connectivity index (χ4v) is 2.05. The van der Waals surface area contributed by atoms with E-state index in [1.54, 1.807) is 18.2 Å². The van der Waals surface area contributed by atoms with Crippen LogP contribution < -0.4 is 27.2 Å². The summed E-state index contributed by atoms with van der Waals surface area (Å²) in [4.78, 5) is 12.0. The van der Waals surface area contributed by atoms with E-state index in [1.807, 2.05) is 0 Å². The van der Waals surface area contributed by atoms with Gasteiger partial charge in [-0.2, -0.15) is 11.1 Å². The fraction of sp³-hybridized carbons (Fsp3) is 0.0714. The van der Waals surface area contributed by atoms with Gasteiger partial charge >= 0.3 is 0 Å². The van der Waals surface area contributed by atoms with Crippen LogP contribution >= 0.6 is 0 Å². The summed E-state index contributed by atoms with van der Waals surface area (Å²) in [6.45, 7) is 0. The first-order valence-electron chi connectivity index (χ1n) is 6.51. The highest BCUT2D eigenvalue weighted by Gasteiger charge is 2.18. The Morgan fingerprint density at radius 1 is 0.955 bits per heavy atom. The number of rotatable bonds is 3. The molecule has 0 aliphatic carbocycles. The number of carbonyl (C=O) groups is 1. The number of benzene rings is 2. The van der Waals surface area contributed by atoms with Gasteiger partial charge in [-0.25, -0.2) is 19.6 Å². The molecule has 0 bridgehead atoms. The Bertz CT molecular complexity index is 686. The minimum Gasteiger partial charge on any atom is -0.322 e. The standard InChI is InChI=1S/C14H13F2N5O/c15-10-4-1-8(2-5-10)9-3-6-11(12(16)7-9)13(22)17-14-18-20-21-19-14/h1-7,14,18-21H,(H,17,22). The minimum atomic E-state index is -0.654. The van der Waals surface area contributed by atoms with Gasteiger partial charge in [-0.3, -0.25) is 4.79 Å². The Balaban J connectivity index is 1.79. The van der Waals surface area contributed by atoms with E-state index in [0.29, 0.717) is 11.1 Å². The number of nitrogens with one attached hydrogen (secondary N) is 5. The second-order valence-electron chi connectivity index (χ2n) is 4.65. The maximum atomic E-state index is 14.1. The van der Waals surface area contributed by atoms with Crippen molar-refractivity contribution in [2.45, 2.75) is 6.29 Å². The van der Waals surface area contributed by atoms with E-state index < -0.39 is 18.0 Å². The number of hydrazine groups is 3. The first-order chi connectivity index (χ1) is 10.6. The van der Waals surface area contributed by atoms with Gasteiger partial charge in [0.15, 0.2) is 6.29 Å². The lowest BCUT2D eigenvalue weighted by Gasteiger charge is -2.12. The molecule has 2 aromatic carbocycles. The van der Waals surface area contributed by atoms with Gasteiger partial charge in [0.2, 0.25) is 0 Å². The molecule has 1 aliphatic heterocycles. The predicted molar refractivity (Wildman–Crippen MR) is 75.6 cm³/mol. The normalized spacial score (nSPS) is 15.0. The molecule has 1 heterocycles. The van der Waals surface area contributed by atoms with Crippen LogP contribution in [-0.4, -0.2) is 12.2 Å². The molecule has 1 saturated heterocycles. The molecule has 22 heavy (non-hydrogen) atoms. The summed E-state index contributed by atoms with van der Waals surface area (Å²) in [6, 6.07) is 9.93. The average molecular weight is 305 g/mol. The molecule has 0 saturated carbocycles. The van der Waals surface area contributed by atoms with Gasteiger partial charge in [0, 0.05) is 0 Å². The van der Waals surface area contributed by atoms with Crippen LogP contribution in [0.2, 0.25) is 0 Å². The van der Waals surface area contributed by atoms with E-state index >= 15 is 0 Å². The summed E-state index contributed by atoms with van der Waals surface area (Å²) in [7, 11) is 0. The monoisotopic (exact) mass is 305 g/mol. The minimum absolute atomic E-state index is 0.0821. The Kier molecular flexibility index (Phi) is 4.07. The molecule has 1 aliphatic rings. The molecule has 0 atom stereocenters. The van der Waals surface area contributed by atoms with Crippen molar-refractivity contribution in [3.05, 3.63) is 59.7 Å². The van der Waals surface area contributed by atoms with E-state index in [0.717, 1.165) is 0 Å². The Morgan fingerprint density at radius 3 is 2.23 bits per heavy atom. The van der Waals surface area contributed by atoms with Crippen LogP contribution in [0.15, 0.2) is 42.5 Å². The molecule has 0 unspecified atom stereocenters. The molecule has 0 aromatic heterocycles. The zero-order chi connectivity index (χ0) is 15.5. The molecule has 114 valence electrons. The van der Waals surface area contributed by atoms with Crippen LogP contribution in [0.5, 0.6) is 0 Å². The van der Waals surface area contributed by atoms with E-state index in [-0.39, 0.29) is 11.4 Å². The number of hydrogen-bond acceptors (Lipinski definition) is 5. The molecular weight excluding hydrogens is 292 g/mol. The van der Waals surface area contributed by atoms with Crippen LogP contribution in [-0.2, 0) is 0 Å². The van der Waals surface area contributed by atoms with E-state index in [1.165, 1.54) is 24.3 Å². The Morgan fingerprint density at radius 2 is 1.59 bits per heavy atom. The van der Waals surface area contributed by atoms with Gasteiger partial charge < -0.3 is 5.32 Å². The highest BCUT2D eigenvalue weighted by Crippen LogP contribution is 2.22. The number of hydrogen-bond donors (Lipinski definition) is 5. The van der Waals surface area contributed by atoms with Gasteiger partial charge in [-0.05, 0) is 35.4 Å². The smallest absolute Gasteiger partial charge is 0.256 e. The first-order valence-corrected chi connectivity index (χ1v) is 6.51. The lowest BCUT2D eigenvalue weighted by Crippen LogP contribution is -2.49. The third-order valence-corrected chi connectivity index (χ3v) is 3.16. The number of halogens is 2. The van der Waals surface area contributed by atoms with Crippen LogP contribution in [0.3, 0.4) is 0 Å². The van der Waals surface area contributed by atoms with Gasteiger partial charge in [0.05, 0.1) is 5.56 Å². The summed E-state index contributed by atoms with van der Waals surface area (Å²) < 4.78 is 27.0. The number of amides is 1. The molecule has 0 spiro atoms. The average Bonchev–Trinajstić information content (AvgIpc) is 3.00. The van der Waals surface area contributed by atoms with Crippen molar-refractivity contribution < 1.29 is 13.6 Å². The molecule has 6 nitrogen and oxygen atoms in total. The fourth-order valence-electron chi connectivity index (χ4n) is 2.05. The van der Waals surface area contributed by atoms with Crippen LogP contribution in [0.25, 0.3) is 11.1 Å². The van der Waals surface area contributed by atoms with Crippen molar-refractivity contribution in [3.8, 4) is 11.1 Å². The van der Waals surface area contributed by atoms with Crippen molar-refractivity contribution in [1.82, 2.24) is 27.2 Å². The number of carbonyl (C=O) groups excluding carboxylic acids is 1. The Labute approximate surface area is 124 Å². The highest BCUT2D eigenvalue weighted by molar-refractivity contribution is 5.95. The maximum Gasteiger partial charge on any atom is 0.256 e. The first kappa shape index (κ1) is 14.5. The van der Waals surface area contributed by atoms with Crippen LogP contribution in [0, 0.1) is 11.6 Å². The summed E-state index contributed by atoms with van der Waals surface area (Å²) in [6.07, 6.45) is -0.566. The predicted octanol–water partition coefficient (Wildman–Crippen LogP) is 0.762. The molecular formula is C14H13F2N5O. The molecule has 1 amide bonds. The Hall–Kier alpha value is -2.39. The summed E-state index contributed by atoms with van der Waals surface area (Å²) in [5.41, 5.74) is 11.5. The second kappa shape index (κ2) is 6.16. The molecule has 1 fully saturated rings. The maximum absolute atomic E-state index is 14.1. The van der Waals surface area contributed by atoms with Gasteiger partial charge in [0.1, 0.15) is 11.6 Å². The van der Waals surface area contributed by atoms with E-state index in [4.69, 9.17) is 0 Å². The highest BCUT2D eigenvalue weighted by atomic mass is 19.1. The summed E-state index contributed by atoms with van der Waals surface area (Å²) in [5.74, 6) is -1.59. The second-order valence-corrected chi connectivity index (χ2v) is 4.65. The summed E-state index contributed by atoms with van der Waals surface area (Å²) >= 11 is 0. The van der Waals surface area contributed by atoms with E-state index in [9.17, 15) is 13.6 Å². The van der Waals surface area contributed by atoms with Crippen LogP contribution in [0.4, 0.5) is 8.78 Å². The lowest BCUT2D eigenvalue weighted by atomic mass is 10.0. The summed E-state index contributed by atoms with van der Waals surface area (Å²) in [5, 5.41) is 2.53. The molecule has 5 N–H and O–H groups in total.